The average Bonchev–Trinajstić information content (AvgIpc) is 2.50. The van der Waals surface area contributed by atoms with Crippen LogP contribution >= 0.6 is 11.6 Å². The Kier molecular flexibility index (Phi) is 5.44. The van der Waals surface area contributed by atoms with Crippen LogP contribution in [0.25, 0.3) is 0 Å². The Morgan fingerprint density at radius 3 is 2.30 bits per heavy atom. The number of hydrogen-bond donors (Lipinski definition) is 0. The zero-order valence-corrected chi connectivity index (χ0v) is 14.4. The quantitative estimate of drug-likeness (QED) is 0.607. The van der Waals surface area contributed by atoms with Gasteiger partial charge < -0.3 is 4.74 Å². The molecular weight excluding hydrogens is 336 g/mol. The van der Waals surface area contributed by atoms with Crippen LogP contribution in [-0.4, -0.2) is 20.1 Å². The molecule has 2 rings (SSSR count). The molecule has 0 amide bonds. The van der Waals surface area contributed by atoms with Crippen LogP contribution in [0.4, 0.5) is 0 Å². The van der Waals surface area contributed by atoms with Gasteiger partial charge in [-0.25, -0.2) is 8.42 Å². The van der Waals surface area contributed by atoms with Gasteiger partial charge in [-0.05, 0) is 61.4 Å². The molecule has 2 aromatic rings. The molecule has 0 aliphatic heterocycles. The van der Waals surface area contributed by atoms with Gasteiger partial charge in [-0.3, -0.25) is 4.79 Å². The molecule has 122 valence electrons. The number of rotatable bonds is 5. The van der Waals surface area contributed by atoms with Crippen molar-refractivity contribution < 1.29 is 17.9 Å². The first kappa shape index (κ1) is 17.5. The summed E-state index contributed by atoms with van der Waals surface area (Å²) in [6.45, 7) is 3.87. The number of carbonyl (C=O) groups excluding carboxylic acids is 1. The highest BCUT2D eigenvalue weighted by Gasteiger charge is 2.17. The van der Waals surface area contributed by atoms with Crippen molar-refractivity contribution in [2.24, 2.45) is 0 Å². The lowest BCUT2D eigenvalue weighted by Crippen LogP contribution is -2.15. The van der Waals surface area contributed by atoms with Crippen LogP contribution in [0, 0.1) is 13.8 Å². The van der Waals surface area contributed by atoms with Crippen molar-refractivity contribution in [3.63, 3.8) is 0 Å². The number of ether oxygens (including phenoxy) is 1. The maximum Gasteiger partial charge on any atom is 0.312 e. The molecule has 0 N–H and O–H groups in total. The number of carbonyl (C=O) groups is 1. The molecule has 0 aliphatic carbocycles. The van der Waals surface area contributed by atoms with Crippen molar-refractivity contribution in [1.29, 1.82) is 0 Å². The fourth-order valence-corrected chi connectivity index (χ4v) is 3.29. The SMILES string of the molecule is Cc1ccc(OC(=O)CCS(=O)(=O)c2ccc(Cl)cc2)cc1C. The minimum Gasteiger partial charge on any atom is -0.426 e. The standard InChI is InChI=1S/C17H17ClO4S/c1-12-3-6-15(11-13(12)2)22-17(19)9-10-23(20,21)16-7-4-14(18)5-8-16/h3-8,11H,9-10H2,1-2H3. The van der Waals surface area contributed by atoms with Crippen molar-refractivity contribution in [3.05, 3.63) is 58.6 Å². The summed E-state index contributed by atoms with van der Waals surface area (Å²) in [5.41, 5.74) is 2.10. The van der Waals surface area contributed by atoms with E-state index in [2.05, 4.69) is 0 Å². The number of benzene rings is 2. The van der Waals surface area contributed by atoms with Gasteiger partial charge in [0, 0.05) is 5.02 Å². The number of aryl methyl sites for hydroxylation is 2. The van der Waals surface area contributed by atoms with Gasteiger partial charge in [0.05, 0.1) is 17.1 Å². The van der Waals surface area contributed by atoms with Gasteiger partial charge in [-0.2, -0.15) is 0 Å². The Bertz CT molecular complexity index is 811. The van der Waals surface area contributed by atoms with Gasteiger partial charge in [0.15, 0.2) is 9.84 Å². The van der Waals surface area contributed by atoms with Gasteiger partial charge in [0.2, 0.25) is 0 Å². The first-order valence-corrected chi connectivity index (χ1v) is 9.07. The molecule has 0 saturated carbocycles. The minimum absolute atomic E-state index is 0.140. The molecule has 0 aromatic heterocycles. The summed E-state index contributed by atoms with van der Waals surface area (Å²) >= 11 is 5.73. The van der Waals surface area contributed by atoms with Crippen molar-refractivity contribution in [1.82, 2.24) is 0 Å². The van der Waals surface area contributed by atoms with Gasteiger partial charge in [0.25, 0.3) is 0 Å². The molecule has 0 heterocycles. The monoisotopic (exact) mass is 352 g/mol. The molecule has 0 unspecified atom stereocenters. The second-order valence-electron chi connectivity index (χ2n) is 5.24. The molecule has 0 radical (unpaired) electrons. The lowest BCUT2D eigenvalue weighted by Gasteiger charge is -2.07. The summed E-state index contributed by atoms with van der Waals surface area (Å²) in [6.07, 6.45) is -0.210. The maximum atomic E-state index is 12.1. The summed E-state index contributed by atoms with van der Waals surface area (Å²) in [6, 6.07) is 11.1. The van der Waals surface area contributed by atoms with Crippen LogP contribution in [0.3, 0.4) is 0 Å². The van der Waals surface area contributed by atoms with Crippen LogP contribution in [0.1, 0.15) is 17.5 Å². The van der Waals surface area contributed by atoms with E-state index in [1.54, 1.807) is 12.1 Å². The Balaban J connectivity index is 1.98. The topological polar surface area (TPSA) is 60.4 Å². The third-order valence-corrected chi connectivity index (χ3v) is 5.44. The number of hydrogen-bond acceptors (Lipinski definition) is 4. The summed E-state index contributed by atoms with van der Waals surface area (Å²) < 4.78 is 29.5. The first-order valence-electron chi connectivity index (χ1n) is 7.04. The van der Waals surface area contributed by atoms with Gasteiger partial charge >= 0.3 is 5.97 Å². The molecule has 4 nitrogen and oxygen atoms in total. The number of halogens is 1. The summed E-state index contributed by atoms with van der Waals surface area (Å²) in [5, 5.41) is 0.457. The van der Waals surface area contributed by atoms with E-state index in [4.69, 9.17) is 16.3 Å². The second-order valence-corrected chi connectivity index (χ2v) is 7.79. The molecule has 0 fully saturated rings. The molecule has 6 heteroatoms. The van der Waals surface area contributed by atoms with Gasteiger partial charge in [-0.1, -0.05) is 17.7 Å². The van der Waals surface area contributed by atoms with Crippen LogP contribution < -0.4 is 4.74 Å². The fourth-order valence-electron chi connectivity index (χ4n) is 1.94. The molecule has 2 aromatic carbocycles. The van der Waals surface area contributed by atoms with Gasteiger partial charge in [-0.15, -0.1) is 0 Å². The molecule has 0 spiro atoms. The van der Waals surface area contributed by atoms with E-state index in [1.807, 2.05) is 19.9 Å². The number of sulfone groups is 1. The summed E-state index contributed by atoms with van der Waals surface area (Å²) in [4.78, 5) is 12.0. The van der Waals surface area contributed by atoms with E-state index >= 15 is 0 Å². The Morgan fingerprint density at radius 2 is 1.70 bits per heavy atom. The summed E-state index contributed by atoms with van der Waals surface area (Å²) in [7, 11) is -3.54. The van der Waals surface area contributed by atoms with E-state index in [-0.39, 0.29) is 17.1 Å². The van der Waals surface area contributed by atoms with Crippen molar-refractivity contribution in [2.45, 2.75) is 25.2 Å². The fraction of sp³-hybridized carbons (Fsp3) is 0.235. The van der Waals surface area contributed by atoms with Crippen molar-refractivity contribution in [3.8, 4) is 5.75 Å². The average molecular weight is 353 g/mol. The molecule has 0 atom stereocenters. The normalized spacial score (nSPS) is 11.3. The third kappa shape index (κ3) is 4.81. The van der Waals surface area contributed by atoms with E-state index in [1.165, 1.54) is 24.3 Å². The highest BCUT2D eigenvalue weighted by Crippen LogP contribution is 2.18. The second kappa shape index (κ2) is 7.15. The van der Waals surface area contributed by atoms with E-state index in [9.17, 15) is 13.2 Å². The van der Waals surface area contributed by atoms with E-state index < -0.39 is 15.8 Å². The minimum atomic E-state index is -3.54. The highest BCUT2D eigenvalue weighted by molar-refractivity contribution is 7.91. The van der Waals surface area contributed by atoms with Crippen molar-refractivity contribution in [2.75, 3.05) is 5.75 Å². The predicted molar refractivity (Wildman–Crippen MR) is 89.7 cm³/mol. The Hall–Kier alpha value is -1.85. The van der Waals surface area contributed by atoms with Crippen LogP contribution in [0.2, 0.25) is 5.02 Å². The smallest absolute Gasteiger partial charge is 0.312 e. The zero-order chi connectivity index (χ0) is 17.0. The summed E-state index contributed by atoms with van der Waals surface area (Å²) in [5.74, 6) is -0.467. The predicted octanol–water partition coefficient (Wildman–Crippen LogP) is 3.73. The van der Waals surface area contributed by atoms with Crippen LogP contribution in [0.15, 0.2) is 47.4 Å². The Labute approximate surface area is 141 Å². The van der Waals surface area contributed by atoms with Crippen LogP contribution in [0.5, 0.6) is 5.75 Å². The first-order chi connectivity index (χ1) is 10.8. The van der Waals surface area contributed by atoms with Crippen LogP contribution in [-0.2, 0) is 14.6 Å². The lowest BCUT2D eigenvalue weighted by atomic mass is 10.1. The molecule has 23 heavy (non-hydrogen) atoms. The molecular formula is C17H17ClO4S. The Morgan fingerprint density at radius 1 is 1.04 bits per heavy atom. The van der Waals surface area contributed by atoms with E-state index in [0.717, 1.165) is 11.1 Å². The molecule has 0 aliphatic rings. The van der Waals surface area contributed by atoms with Crippen molar-refractivity contribution >= 4 is 27.4 Å². The zero-order valence-electron chi connectivity index (χ0n) is 12.9. The lowest BCUT2D eigenvalue weighted by molar-refractivity contribution is -0.133. The number of esters is 1. The molecule has 0 saturated heterocycles. The molecule has 0 bridgehead atoms. The van der Waals surface area contributed by atoms with E-state index in [0.29, 0.717) is 10.8 Å². The maximum absolute atomic E-state index is 12.1. The largest absolute Gasteiger partial charge is 0.426 e. The van der Waals surface area contributed by atoms with Gasteiger partial charge in [0.1, 0.15) is 5.75 Å². The highest BCUT2D eigenvalue weighted by atomic mass is 35.5. The third-order valence-electron chi connectivity index (χ3n) is 3.46.